The largest absolute Gasteiger partial charge is 0.372 e. The van der Waals surface area contributed by atoms with Crippen molar-refractivity contribution < 1.29 is 0 Å². The number of nitrogens with one attached hydrogen (secondary N) is 1. The molecule has 2 rings (SSSR count). The van der Waals surface area contributed by atoms with Crippen molar-refractivity contribution in [1.29, 1.82) is 0 Å². The summed E-state index contributed by atoms with van der Waals surface area (Å²) in [4.78, 5) is 9.56. The Kier molecular flexibility index (Phi) is 2.90. The van der Waals surface area contributed by atoms with Crippen molar-refractivity contribution in [2.45, 2.75) is 19.8 Å². The minimum absolute atomic E-state index is 1.03. The minimum atomic E-state index is 1.03. The molecule has 1 aliphatic heterocycles. The maximum Gasteiger partial charge on any atom is 0.0927 e. The van der Waals surface area contributed by atoms with Crippen molar-refractivity contribution in [1.82, 2.24) is 14.9 Å². The third kappa shape index (κ3) is 2.29. The van der Waals surface area contributed by atoms with E-state index in [0.29, 0.717) is 0 Å². The zero-order chi connectivity index (χ0) is 10.7. The fourth-order valence-electron chi connectivity index (χ4n) is 1.83. The van der Waals surface area contributed by atoms with E-state index in [1.54, 1.807) is 6.33 Å². The van der Waals surface area contributed by atoms with Gasteiger partial charge in [-0.3, -0.25) is 0 Å². The molecule has 1 aromatic heterocycles. The van der Waals surface area contributed by atoms with Gasteiger partial charge < -0.3 is 9.88 Å². The lowest BCUT2D eigenvalue weighted by Gasteiger charge is -2.16. The van der Waals surface area contributed by atoms with Crippen LogP contribution in [0.1, 0.15) is 24.2 Å². The van der Waals surface area contributed by atoms with Gasteiger partial charge in [-0.15, -0.1) is 0 Å². The van der Waals surface area contributed by atoms with Crippen molar-refractivity contribution in [2.75, 3.05) is 13.1 Å². The normalized spacial score (nSPS) is 16.5. The van der Waals surface area contributed by atoms with Gasteiger partial charge in [-0.05, 0) is 31.9 Å². The summed E-state index contributed by atoms with van der Waals surface area (Å²) in [5, 5.41) is 0. The van der Waals surface area contributed by atoms with Crippen LogP contribution in [-0.4, -0.2) is 28.0 Å². The Labute approximate surface area is 90.5 Å². The fraction of sp³-hybridized carbons (Fsp3) is 0.417. The molecule has 3 heteroatoms. The second kappa shape index (κ2) is 4.34. The number of aryl methyl sites for hydroxylation is 1. The van der Waals surface area contributed by atoms with E-state index in [4.69, 9.17) is 0 Å². The Morgan fingerprint density at radius 3 is 2.87 bits per heavy atom. The molecule has 1 aromatic rings. The summed E-state index contributed by atoms with van der Waals surface area (Å²) in [5.74, 6) is 0. The van der Waals surface area contributed by atoms with Crippen molar-refractivity contribution in [3.05, 3.63) is 36.1 Å². The molecule has 2 heterocycles. The summed E-state index contributed by atoms with van der Waals surface area (Å²) in [6, 6.07) is 0. The molecule has 15 heavy (non-hydrogen) atoms. The van der Waals surface area contributed by atoms with Gasteiger partial charge in [0.05, 0.1) is 17.7 Å². The molecule has 1 saturated heterocycles. The van der Waals surface area contributed by atoms with Crippen LogP contribution in [0.3, 0.4) is 0 Å². The number of rotatable bonds is 3. The zero-order valence-electron chi connectivity index (χ0n) is 9.16. The second-order valence-electron chi connectivity index (χ2n) is 3.92. The van der Waals surface area contributed by atoms with E-state index in [9.17, 15) is 0 Å². The smallest absolute Gasteiger partial charge is 0.0927 e. The van der Waals surface area contributed by atoms with Crippen LogP contribution in [0.25, 0.3) is 6.08 Å². The zero-order valence-corrected chi connectivity index (χ0v) is 9.16. The Morgan fingerprint density at radius 1 is 1.53 bits per heavy atom. The highest BCUT2D eigenvalue weighted by Crippen LogP contribution is 2.15. The van der Waals surface area contributed by atoms with Gasteiger partial charge in [-0.25, -0.2) is 4.98 Å². The van der Waals surface area contributed by atoms with Crippen molar-refractivity contribution in [3.8, 4) is 0 Å². The summed E-state index contributed by atoms with van der Waals surface area (Å²) < 4.78 is 0. The van der Waals surface area contributed by atoms with Crippen molar-refractivity contribution in [2.24, 2.45) is 0 Å². The van der Waals surface area contributed by atoms with Crippen LogP contribution in [0.15, 0.2) is 24.7 Å². The van der Waals surface area contributed by atoms with Crippen LogP contribution < -0.4 is 0 Å². The molecule has 0 saturated carbocycles. The lowest BCUT2D eigenvalue weighted by atomic mass is 10.3. The lowest BCUT2D eigenvalue weighted by Crippen LogP contribution is -2.15. The van der Waals surface area contributed by atoms with Gasteiger partial charge in [-0.1, -0.05) is 6.58 Å². The molecule has 0 radical (unpaired) electrons. The van der Waals surface area contributed by atoms with Crippen LogP contribution in [-0.2, 0) is 0 Å². The Hall–Kier alpha value is -1.51. The Bertz CT molecular complexity index is 370. The van der Waals surface area contributed by atoms with E-state index < -0.39 is 0 Å². The molecule has 0 bridgehead atoms. The third-order valence-corrected chi connectivity index (χ3v) is 2.82. The predicted molar refractivity (Wildman–Crippen MR) is 62.3 cm³/mol. The quantitative estimate of drug-likeness (QED) is 0.765. The number of aromatic amines is 1. The molecule has 0 atom stereocenters. The van der Waals surface area contributed by atoms with E-state index in [0.717, 1.165) is 30.2 Å². The van der Waals surface area contributed by atoms with Crippen LogP contribution in [0, 0.1) is 6.92 Å². The van der Waals surface area contributed by atoms with Gasteiger partial charge >= 0.3 is 0 Å². The summed E-state index contributed by atoms with van der Waals surface area (Å²) in [7, 11) is 0. The average molecular weight is 203 g/mol. The van der Waals surface area contributed by atoms with Crippen LogP contribution in [0.2, 0.25) is 0 Å². The lowest BCUT2D eigenvalue weighted by molar-refractivity contribution is 0.443. The highest BCUT2D eigenvalue weighted by Gasteiger charge is 2.10. The van der Waals surface area contributed by atoms with Gasteiger partial charge in [0.1, 0.15) is 0 Å². The van der Waals surface area contributed by atoms with Crippen molar-refractivity contribution >= 4 is 6.08 Å². The van der Waals surface area contributed by atoms with Gasteiger partial charge in [0.25, 0.3) is 0 Å². The van der Waals surface area contributed by atoms with E-state index in [1.807, 2.05) is 13.0 Å². The molecule has 0 spiro atoms. The molecular formula is C12H17N3. The number of aromatic nitrogens is 2. The first-order valence-corrected chi connectivity index (χ1v) is 5.39. The minimum Gasteiger partial charge on any atom is -0.372 e. The Balaban J connectivity index is 1.99. The van der Waals surface area contributed by atoms with Gasteiger partial charge in [0.15, 0.2) is 0 Å². The fourth-order valence-corrected chi connectivity index (χ4v) is 1.83. The number of hydrogen-bond acceptors (Lipinski definition) is 2. The molecule has 0 unspecified atom stereocenters. The summed E-state index contributed by atoms with van der Waals surface area (Å²) in [6.45, 7) is 8.35. The molecule has 1 aliphatic rings. The molecule has 1 fully saturated rings. The highest BCUT2D eigenvalue weighted by atomic mass is 15.1. The number of hydrogen-bond donors (Lipinski definition) is 1. The number of imidazole rings is 1. The molecule has 3 nitrogen and oxygen atoms in total. The molecule has 0 aromatic carbocycles. The maximum absolute atomic E-state index is 4.14. The molecule has 80 valence electrons. The van der Waals surface area contributed by atoms with Crippen LogP contribution >= 0.6 is 0 Å². The standard InChI is InChI=1S/C12H17N3/c1-10(15-7-3-4-8-15)5-6-12-11(2)13-9-14-12/h5-6,9H,1,3-4,7-8H2,2H3,(H,13,14)/b6-5-. The predicted octanol–water partition coefficient (Wildman–Crippen LogP) is 2.34. The Morgan fingerprint density at radius 2 is 2.27 bits per heavy atom. The summed E-state index contributed by atoms with van der Waals surface area (Å²) in [5.41, 5.74) is 3.19. The van der Waals surface area contributed by atoms with Crippen LogP contribution in [0.4, 0.5) is 0 Å². The van der Waals surface area contributed by atoms with Gasteiger partial charge in [0.2, 0.25) is 0 Å². The summed E-state index contributed by atoms with van der Waals surface area (Å²) >= 11 is 0. The first-order valence-electron chi connectivity index (χ1n) is 5.39. The van der Waals surface area contributed by atoms with Gasteiger partial charge in [0, 0.05) is 18.8 Å². The number of allylic oxidation sites excluding steroid dienone is 1. The van der Waals surface area contributed by atoms with Gasteiger partial charge in [-0.2, -0.15) is 0 Å². The number of H-pyrrole nitrogens is 1. The first-order chi connectivity index (χ1) is 7.27. The topological polar surface area (TPSA) is 31.9 Å². The van der Waals surface area contributed by atoms with E-state index in [-0.39, 0.29) is 0 Å². The monoisotopic (exact) mass is 203 g/mol. The van der Waals surface area contributed by atoms with E-state index in [2.05, 4.69) is 27.5 Å². The van der Waals surface area contributed by atoms with E-state index >= 15 is 0 Å². The molecule has 0 aliphatic carbocycles. The number of nitrogens with zero attached hydrogens (tertiary/aromatic N) is 2. The van der Waals surface area contributed by atoms with Crippen LogP contribution in [0.5, 0.6) is 0 Å². The second-order valence-corrected chi connectivity index (χ2v) is 3.92. The molecule has 1 N–H and O–H groups in total. The van der Waals surface area contributed by atoms with Crippen molar-refractivity contribution in [3.63, 3.8) is 0 Å². The van der Waals surface area contributed by atoms with E-state index in [1.165, 1.54) is 12.8 Å². The SMILES string of the molecule is C=C(/C=C\c1[nH]cnc1C)N1CCCC1. The number of likely N-dealkylation sites (tertiary alicyclic amines) is 1. The summed E-state index contributed by atoms with van der Waals surface area (Å²) in [6.07, 6.45) is 8.40. The molecule has 0 amide bonds. The average Bonchev–Trinajstić information content (AvgIpc) is 2.85. The first kappa shape index (κ1) is 10.0. The third-order valence-electron chi connectivity index (χ3n) is 2.82. The molecular weight excluding hydrogens is 186 g/mol. The highest BCUT2D eigenvalue weighted by molar-refractivity contribution is 5.50. The maximum atomic E-state index is 4.14.